The molecule has 0 aromatic carbocycles. The van der Waals surface area contributed by atoms with Crippen LogP contribution in [0, 0.1) is 0 Å². The van der Waals surface area contributed by atoms with E-state index in [9.17, 15) is 4.79 Å². The van der Waals surface area contributed by atoms with Crippen LogP contribution in [-0.2, 0) is 9.47 Å². The Hall–Kier alpha value is -1.19. The highest BCUT2D eigenvalue weighted by Crippen LogP contribution is 2.23. The zero-order chi connectivity index (χ0) is 12.9. The maximum Gasteiger partial charge on any atom is 0.410 e. The summed E-state index contributed by atoms with van der Waals surface area (Å²) in [6, 6.07) is 0.247. The van der Waals surface area contributed by atoms with E-state index in [1.54, 1.807) is 13.4 Å². The molecule has 0 aromatic rings. The third kappa shape index (κ3) is 4.67. The van der Waals surface area contributed by atoms with Gasteiger partial charge in [0, 0.05) is 12.6 Å². The van der Waals surface area contributed by atoms with Gasteiger partial charge >= 0.3 is 6.09 Å². The van der Waals surface area contributed by atoms with E-state index in [2.05, 4.69) is 0 Å². The summed E-state index contributed by atoms with van der Waals surface area (Å²) in [5.74, 6) is 0. The first kappa shape index (κ1) is 13.9. The predicted octanol–water partition coefficient (Wildman–Crippen LogP) is 2.94. The van der Waals surface area contributed by atoms with Crippen LogP contribution in [0.15, 0.2) is 12.3 Å². The van der Waals surface area contributed by atoms with Crippen molar-refractivity contribution in [3.63, 3.8) is 0 Å². The first-order chi connectivity index (χ1) is 7.94. The van der Waals surface area contributed by atoms with Crippen LogP contribution >= 0.6 is 0 Å². The molecule has 0 aliphatic carbocycles. The van der Waals surface area contributed by atoms with Crippen LogP contribution in [0.3, 0.4) is 0 Å². The Labute approximate surface area is 104 Å². The van der Waals surface area contributed by atoms with Crippen LogP contribution in [0.2, 0.25) is 0 Å². The number of ether oxygens (including phenoxy) is 2. The van der Waals surface area contributed by atoms with Crippen molar-refractivity contribution in [3.8, 4) is 0 Å². The number of likely N-dealkylation sites (tertiary alicyclic amines) is 1. The smallest absolute Gasteiger partial charge is 0.410 e. The van der Waals surface area contributed by atoms with Crippen molar-refractivity contribution in [1.29, 1.82) is 0 Å². The van der Waals surface area contributed by atoms with Crippen molar-refractivity contribution >= 4 is 6.09 Å². The minimum absolute atomic E-state index is 0.203. The Morgan fingerprint density at radius 1 is 1.47 bits per heavy atom. The van der Waals surface area contributed by atoms with Gasteiger partial charge in [-0.25, -0.2) is 4.79 Å². The average Bonchev–Trinajstić information content (AvgIpc) is 2.64. The fourth-order valence-corrected chi connectivity index (χ4v) is 1.95. The van der Waals surface area contributed by atoms with Gasteiger partial charge in [0.1, 0.15) is 5.60 Å². The van der Waals surface area contributed by atoms with Crippen LogP contribution in [0.1, 0.15) is 40.0 Å². The predicted molar refractivity (Wildman–Crippen MR) is 66.7 cm³/mol. The number of nitrogens with zero attached hydrogens (tertiary/aromatic N) is 1. The van der Waals surface area contributed by atoms with Crippen molar-refractivity contribution in [1.82, 2.24) is 4.90 Å². The van der Waals surface area contributed by atoms with Crippen molar-refractivity contribution in [3.05, 3.63) is 12.3 Å². The van der Waals surface area contributed by atoms with E-state index in [1.165, 1.54) is 0 Å². The highest BCUT2D eigenvalue weighted by atomic mass is 16.6. The largest absolute Gasteiger partial charge is 0.505 e. The number of carbonyl (C=O) groups is 1. The molecule has 0 spiro atoms. The molecule has 0 radical (unpaired) electrons. The minimum atomic E-state index is -0.424. The van der Waals surface area contributed by atoms with Gasteiger partial charge in [-0.15, -0.1) is 0 Å². The van der Waals surface area contributed by atoms with Crippen LogP contribution < -0.4 is 0 Å². The number of carbonyl (C=O) groups excluding carboxylic acids is 1. The Balaban J connectivity index is 2.51. The third-order valence-corrected chi connectivity index (χ3v) is 2.65. The second-order valence-electron chi connectivity index (χ2n) is 5.31. The van der Waals surface area contributed by atoms with Crippen LogP contribution in [0.5, 0.6) is 0 Å². The quantitative estimate of drug-likeness (QED) is 0.713. The highest BCUT2D eigenvalue weighted by molar-refractivity contribution is 5.68. The molecule has 0 N–H and O–H groups in total. The number of methoxy groups -OCH3 is 1. The molecule has 1 rings (SSSR count). The number of hydrogen-bond acceptors (Lipinski definition) is 3. The molecule has 17 heavy (non-hydrogen) atoms. The van der Waals surface area contributed by atoms with Gasteiger partial charge in [-0.1, -0.05) is 0 Å². The summed E-state index contributed by atoms with van der Waals surface area (Å²) in [5.41, 5.74) is -0.424. The van der Waals surface area contributed by atoms with Gasteiger partial charge in [0.05, 0.1) is 13.4 Å². The molecule has 4 heteroatoms. The molecule has 1 amide bonds. The van der Waals surface area contributed by atoms with Crippen LogP contribution in [0.4, 0.5) is 4.79 Å². The standard InChI is InChI=1S/C13H23NO3/c1-13(2,3)17-12(15)14-9-5-7-11(14)8-6-10-16-4/h6,10-11H,5,7-9H2,1-4H3. The lowest BCUT2D eigenvalue weighted by Crippen LogP contribution is -2.39. The lowest BCUT2D eigenvalue weighted by molar-refractivity contribution is 0.0228. The molecule has 1 aliphatic rings. The molecule has 4 nitrogen and oxygen atoms in total. The lowest BCUT2D eigenvalue weighted by atomic mass is 10.1. The van der Waals surface area contributed by atoms with Gasteiger partial charge in [-0.2, -0.15) is 0 Å². The second kappa shape index (κ2) is 5.94. The summed E-state index contributed by atoms with van der Waals surface area (Å²) in [6.45, 7) is 6.46. The first-order valence-corrected chi connectivity index (χ1v) is 6.11. The first-order valence-electron chi connectivity index (χ1n) is 6.11. The molecular weight excluding hydrogens is 218 g/mol. The molecule has 0 bridgehead atoms. The molecule has 98 valence electrons. The summed E-state index contributed by atoms with van der Waals surface area (Å²) in [7, 11) is 1.62. The molecule has 1 unspecified atom stereocenters. The minimum Gasteiger partial charge on any atom is -0.505 e. The Morgan fingerprint density at radius 3 is 2.76 bits per heavy atom. The van der Waals surface area contributed by atoms with Gasteiger partial charge in [-0.3, -0.25) is 0 Å². The summed E-state index contributed by atoms with van der Waals surface area (Å²) in [6.07, 6.45) is 6.31. The number of hydrogen-bond donors (Lipinski definition) is 0. The maximum atomic E-state index is 12.0. The van der Waals surface area contributed by atoms with Gasteiger partial charge < -0.3 is 14.4 Å². The number of rotatable bonds is 3. The van der Waals surface area contributed by atoms with E-state index < -0.39 is 5.60 Å². The van der Waals surface area contributed by atoms with E-state index >= 15 is 0 Å². The van der Waals surface area contributed by atoms with E-state index in [-0.39, 0.29) is 12.1 Å². The van der Waals surface area contributed by atoms with E-state index in [0.717, 1.165) is 25.8 Å². The zero-order valence-corrected chi connectivity index (χ0v) is 11.2. The van der Waals surface area contributed by atoms with Gasteiger partial charge in [-0.05, 0) is 46.1 Å². The van der Waals surface area contributed by atoms with Crippen molar-refractivity contribution in [2.75, 3.05) is 13.7 Å². The molecule has 1 atom stereocenters. The van der Waals surface area contributed by atoms with Gasteiger partial charge in [0.15, 0.2) is 0 Å². The highest BCUT2D eigenvalue weighted by Gasteiger charge is 2.31. The topological polar surface area (TPSA) is 38.8 Å². The lowest BCUT2D eigenvalue weighted by Gasteiger charge is -2.28. The SMILES string of the molecule is COC=CCC1CCCN1C(=O)OC(C)(C)C. The van der Waals surface area contributed by atoms with E-state index in [0.29, 0.717) is 0 Å². The molecule has 1 aliphatic heterocycles. The third-order valence-electron chi connectivity index (χ3n) is 2.65. The molecule has 1 saturated heterocycles. The molecule has 1 heterocycles. The van der Waals surface area contributed by atoms with Gasteiger partial charge in [0.25, 0.3) is 0 Å². The van der Waals surface area contributed by atoms with Gasteiger partial charge in [0.2, 0.25) is 0 Å². The number of amides is 1. The monoisotopic (exact) mass is 241 g/mol. The van der Waals surface area contributed by atoms with Crippen molar-refractivity contribution < 1.29 is 14.3 Å². The molecule has 1 fully saturated rings. The molecule has 0 aromatic heterocycles. The summed E-state index contributed by atoms with van der Waals surface area (Å²) in [5, 5.41) is 0. The fraction of sp³-hybridized carbons (Fsp3) is 0.769. The summed E-state index contributed by atoms with van der Waals surface area (Å²) in [4.78, 5) is 13.8. The van der Waals surface area contributed by atoms with Crippen LogP contribution in [-0.4, -0.2) is 36.3 Å². The Bertz CT molecular complexity index is 281. The fourth-order valence-electron chi connectivity index (χ4n) is 1.95. The average molecular weight is 241 g/mol. The molecule has 0 saturated carbocycles. The van der Waals surface area contributed by atoms with Crippen LogP contribution in [0.25, 0.3) is 0 Å². The summed E-state index contributed by atoms with van der Waals surface area (Å²) >= 11 is 0. The van der Waals surface area contributed by atoms with E-state index in [1.807, 2.05) is 31.7 Å². The Kier molecular flexibility index (Phi) is 4.85. The molecular formula is C13H23NO3. The summed E-state index contributed by atoms with van der Waals surface area (Å²) < 4.78 is 10.3. The zero-order valence-electron chi connectivity index (χ0n) is 11.2. The van der Waals surface area contributed by atoms with Crippen molar-refractivity contribution in [2.45, 2.75) is 51.7 Å². The van der Waals surface area contributed by atoms with Crippen molar-refractivity contribution in [2.24, 2.45) is 0 Å². The maximum absolute atomic E-state index is 12.0. The Morgan fingerprint density at radius 2 is 2.18 bits per heavy atom. The normalized spacial score (nSPS) is 20.9. The second-order valence-corrected chi connectivity index (χ2v) is 5.31. The van der Waals surface area contributed by atoms with E-state index in [4.69, 9.17) is 9.47 Å².